The van der Waals surface area contributed by atoms with Crippen LogP contribution in [0.5, 0.6) is 11.5 Å². The van der Waals surface area contributed by atoms with E-state index in [0.29, 0.717) is 24.7 Å². The third kappa shape index (κ3) is 7.58. The van der Waals surface area contributed by atoms with Gasteiger partial charge in [-0.1, -0.05) is 75.4 Å². The van der Waals surface area contributed by atoms with E-state index in [1.54, 1.807) is 6.21 Å². The fourth-order valence-electron chi connectivity index (χ4n) is 3.32. The molecule has 5 nitrogen and oxygen atoms in total. The summed E-state index contributed by atoms with van der Waals surface area (Å²) in [6.45, 7) is 9.42. The number of ether oxygens (including phenoxy) is 2. The highest BCUT2D eigenvalue weighted by Gasteiger charge is 2.14. The van der Waals surface area contributed by atoms with E-state index in [9.17, 15) is 4.79 Å². The topological polar surface area (TPSA) is 59.9 Å². The van der Waals surface area contributed by atoms with Gasteiger partial charge in [-0.25, -0.2) is 5.43 Å². The molecule has 0 saturated carbocycles. The number of rotatable bonds is 9. The SMILES string of the molecule is CCOc1cc(/C=N\NC(=O)Cc2ccc(C(C)(C)C)cc2)cc(I)c1OCc1ccccc1. The van der Waals surface area contributed by atoms with Crippen LogP contribution >= 0.6 is 22.6 Å². The van der Waals surface area contributed by atoms with Crippen molar-refractivity contribution < 1.29 is 14.3 Å². The number of carbonyl (C=O) groups excluding carboxylic acids is 1. The van der Waals surface area contributed by atoms with Crippen LogP contribution in [-0.4, -0.2) is 18.7 Å². The lowest BCUT2D eigenvalue weighted by Crippen LogP contribution is -2.20. The molecule has 34 heavy (non-hydrogen) atoms. The molecule has 0 spiro atoms. The Hall–Kier alpha value is -2.87. The largest absolute Gasteiger partial charge is 0.490 e. The monoisotopic (exact) mass is 570 g/mol. The van der Waals surface area contributed by atoms with Gasteiger partial charge >= 0.3 is 0 Å². The maximum atomic E-state index is 12.3. The van der Waals surface area contributed by atoms with E-state index in [2.05, 4.69) is 66.0 Å². The minimum Gasteiger partial charge on any atom is -0.490 e. The first-order chi connectivity index (χ1) is 16.3. The molecule has 1 amide bonds. The fraction of sp³-hybridized carbons (Fsp3) is 0.286. The zero-order valence-corrected chi connectivity index (χ0v) is 22.3. The standard InChI is InChI=1S/C28H31IN2O3/c1-5-33-25-16-22(15-24(29)27(25)34-19-21-9-7-6-8-10-21)18-30-31-26(32)17-20-11-13-23(14-12-20)28(2,3)4/h6-16,18H,5,17,19H2,1-4H3,(H,31,32)/b30-18-. The molecular formula is C28H31IN2O3. The molecule has 3 aromatic rings. The summed E-state index contributed by atoms with van der Waals surface area (Å²) >= 11 is 2.23. The van der Waals surface area contributed by atoms with Crippen molar-refractivity contribution in [3.05, 3.63) is 92.6 Å². The lowest BCUT2D eigenvalue weighted by molar-refractivity contribution is -0.120. The van der Waals surface area contributed by atoms with Crippen LogP contribution in [0.2, 0.25) is 0 Å². The molecule has 3 aromatic carbocycles. The van der Waals surface area contributed by atoms with Crippen molar-refractivity contribution in [1.29, 1.82) is 0 Å². The summed E-state index contributed by atoms with van der Waals surface area (Å²) in [6, 6.07) is 22.0. The Kier molecular flexibility index (Phi) is 9.10. The summed E-state index contributed by atoms with van der Waals surface area (Å²) in [7, 11) is 0. The first kappa shape index (κ1) is 25.7. The Bertz CT molecular complexity index is 1120. The van der Waals surface area contributed by atoms with E-state index in [1.807, 2.05) is 61.5 Å². The molecule has 0 saturated heterocycles. The van der Waals surface area contributed by atoms with Gasteiger partial charge in [0.15, 0.2) is 11.5 Å². The van der Waals surface area contributed by atoms with Crippen LogP contribution < -0.4 is 14.9 Å². The van der Waals surface area contributed by atoms with Crippen LogP contribution in [0.25, 0.3) is 0 Å². The molecule has 0 bridgehead atoms. The van der Waals surface area contributed by atoms with Crippen molar-refractivity contribution in [3.63, 3.8) is 0 Å². The van der Waals surface area contributed by atoms with E-state index in [1.165, 1.54) is 5.56 Å². The molecule has 0 radical (unpaired) electrons. The van der Waals surface area contributed by atoms with Crippen molar-refractivity contribution in [3.8, 4) is 11.5 Å². The second kappa shape index (κ2) is 12.0. The van der Waals surface area contributed by atoms with Crippen molar-refractivity contribution in [1.82, 2.24) is 5.43 Å². The van der Waals surface area contributed by atoms with Crippen LogP contribution in [0.3, 0.4) is 0 Å². The van der Waals surface area contributed by atoms with E-state index in [4.69, 9.17) is 9.47 Å². The normalized spacial score (nSPS) is 11.4. The molecule has 1 N–H and O–H groups in total. The molecule has 178 valence electrons. The number of nitrogens with one attached hydrogen (secondary N) is 1. The first-order valence-corrected chi connectivity index (χ1v) is 12.4. The maximum absolute atomic E-state index is 12.3. The summed E-state index contributed by atoms with van der Waals surface area (Å²) in [5, 5.41) is 4.14. The number of carbonyl (C=O) groups is 1. The minimum absolute atomic E-state index is 0.0884. The molecule has 3 rings (SSSR count). The van der Waals surface area contributed by atoms with Crippen LogP contribution in [0, 0.1) is 3.57 Å². The molecule has 0 aliphatic heterocycles. The zero-order valence-electron chi connectivity index (χ0n) is 20.1. The van der Waals surface area contributed by atoms with E-state index >= 15 is 0 Å². The second-order valence-electron chi connectivity index (χ2n) is 8.95. The van der Waals surface area contributed by atoms with Crippen LogP contribution in [0.4, 0.5) is 0 Å². The molecule has 6 heteroatoms. The highest BCUT2D eigenvalue weighted by atomic mass is 127. The number of halogens is 1. The molecule has 0 fully saturated rings. The van der Waals surface area contributed by atoms with Gasteiger partial charge < -0.3 is 9.47 Å². The Morgan fingerprint density at radius 2 is 1.71 bits per heavy atom. The minimum atomic E-state index is -0.165. The van der Waals surface area contributed by atoms with Crippen molar-refractivity contribution in [2.45, 2.75) is 46.1 Å². The number of amides is 1. The van der Waals surface area contributed by atoms with Gasteiger partial charge in [0.2, 0.25) is 5.91 Å². The smallest absolute Gasteiger partial charge is 0.244 e. The van der Waals surface area contributed by atoms with E-state index in [-0.39, 0.29) is 17.7 Å². The number of hydrogen-bond acceptors (Lipinski definition) is 4. The van der Waals surface area contributed by atoms with Gasteiger partial charge in [0.25, 0.3) is 0 Å². The number of nitrogens with zero attached hydrogens (tertiary/aromatic N) is 1. The molecular weight excluding hydrogens is 539 g/mol. The molecule has 0 atom stereocenters. The summed E-state index contributed by atoms with van der Waals surface area (Å²) in [5.41, 5.74) is 6.79. The molecule has 0 aliphatic carbocycles. The van der Waals surface area contributed by atoms with Crippen LogP contribution in [0.15, 0.2) is 71.8 Å². The Morgan fingerprint density at radius 1 is 1.00 bits per heavy atom. The third-order valence-electron chi connectivity index (χ3n) is 5.15. The average molecular weight is 570 g/mol. The van der Waals surface area contributed by atoms with E-state index in [0.717, 1.165) is 20.3 Å². The Labute approximate surface area is 215 Å². The zero-order chi connectivity index (χ0) is 24.6. The predicted octanol–water partition coefficient (Wildman–Crippen LogP) is 6.26. The molecule has 0 heterocycles. The quantitative estimate of drug-likeness (QED) is 0.188. The highest BCUT2D eigenvalue weighted by molar-refractivity contribution is 14.1. The van der Waals surface area contributed by atoms with Crippen molar-refractivity contribution in [2.24, 2.45) is 5.10 Å². The summed E-state index contributed by atoms with van der Waals surface area (Å²) < 4.78 is 12.8. The van der Waals surface area contributed by atoms with Gasteiger partial charge in [-0.15, -0.1) is 0 Å². The Morgan fingerprint density at radius 3 is 2.35 bits per heavy atom. The summed E-state index contributed by atoms with van der Waals surface area (Å²) in [5.74, 6) is 1.19. The van der Waals surface area contributed by atoms with Crippen molar-refractivity contribution in [2.75, 3.05) is 6.61 Å². The number of benzene rings is 3. The van der Waals surface area contributed by atoms with Crippen LogP contribution in [0.1, 0.15) is 49.9 Å². The highest BCUT2D eigenvalue weighted by Crippen LogP contribution is 2.34. The molecule has 0 unspecified atom stereocenters. The van der Waals surface area contributed by atoms with Gasteiger partial charge in [-0.2, -0.15) is 5.10 Å². The first-order valence-electron chi connectivity index (χ1n) is 11.3. The average Bonchev–Trinajstić information content (AvgIpc) is 2.79. The van der Waals surface area contributed by atoms with Crippen LogP contribution in [-0.2, 0) is 23.2 Å². The summed E-state index contributed by atoms with van der Waals surface area (Å²) in [6.07, 6.45) is 1.89. The predicted molar refractivity (Wildman–Crippen MR) is 146 cm³/mol. The number of hydrazone groups is 1. The second-order valence-corrected chi connectivity index (χ2v) is 10.1. The fourth-order valence-corrected chi connectivity index (χ4v) is 4.10. The lowest BCUT2D eigenvalue weighted by Gasteiger charge is -2.19. The molecule has 0 aromatic heterocycles. The maximum Gasteiger partial charge on any atom is 0.244 e. The van der Waals surface area contributed by atoms with Gasteiger partial charge in [0.05, 0.1) is 22.8 Å². The van der Waals surface area contributed by atoms with Gasteiger partial charge in [-0.3, -0.25) is 4.79 Å². The Balaban J connectivity index is 1.62. The van der Waals surface area contributed by atoms with Gasteiger partial charge in [-0.05, 0) is 69.3 Å². The lowest BCUT2D eigenvalue weighted by atomic mass is 9.86. The third-order valence-corrected chi connectivity index (χ3v) is 5.95. The van der Waals surface area contributed by atoms with Gasteiger partial charge in [0, 0.05) is 0 Å². The number of hydrogen-bond donors (Lipinski definition) is 1. The molecule has 0 aliphatic rings. The van der Waals surface area contributed by atoms with Gasteiger partial charge in [0.1, 0.15) is 6.61 Å². The van der Waals surface area contributed by atoms with Crippen molar-refractivity contribution >= 4 is 34.7 Å². The summed E-state index contributed by atoms with van der Waals surface area (Å²) in [4.78, 5) is 12.3. The van der Waals surface area contributed by atoms with E-state index < -0.39 is 0 Å².